The summed E-state index contributed by atoms with van der Waals surface area (Å²) in [7, 11) is 0. The molecule has 0 aromatic heterocycles. The summed E-state index contributed by atoms with van der Waals surface area (Å²) in [6.07, 6.45) is -1.08. The Bertz CT molecular complexity index is 584. The van der Waals surface area contributed by atoms with Gasteiger partial charge in [-0.15, -0.1) is 0 Å². The predicted octanol–water partition coefficient (Wildman–Crippen LogP) is 4.01. The molecular formula is C14H11ClF2O. The molecule has 0 aliphatic heterocycles. The Hall–Kier alpha value is -1.45. The zero-order valence-electron chi connectivity index (χ0n) is 9.62. The average molecular weight is 269 g/mol. The molecule has 2 aromatic rings. The highest BCUT2D eigenvalue weighted by Gasteiger charge is 2.15. The Morgan fingerprint density at radius 1 is 1.11 bits per heavy atom. The van der Waals surface area contributed by atoms with Crippen LogP contribution in [-0.4, -0.2) is 5.11 Å². The first-order valence-corrected chi connectivity index (χ1v) is 5.76. The van der Waals surface area contributed by atoms with Crippen LogP contribution < -0.4 is 0 Å². The zero-order chi connectivity index (χ0) is 13.3. The fourth-order valence-electron chi connectivity index (χ4n) is 1.68. The molecule has 0 heterocycles. The van der Waals surface area contributed by atoms with Gasteiger partial charge in [-0.25, -0.2) is 8.78 Å². The van der Waals surface area contributed by atoms with E-state index >= 15 is 0 Å². The van der Waals surface area contributed by atoms with E-state index in [-0.39, 0.29) is 5.02 Å². The van der Waals surface area contributed by atoms with E-state index in [2.05, 4.69) is 0 Å². The number of rotatable bonds is 2. The van der Waals surface area contributed by atoms with Gasteiger partial charge in [0.1, 0.15) is 17.7 Å². The highest BCUT2D eigenvalue weighted by molar-refractivity contribution is 6.31. The van der Waals surface area contributed by atoms with Crippen LogP contribution in [0.4, 0.5) is 8.78 Å². The van der Waals surface area contributed by atoms with E-state index in [1.807, 2.05) is 0 Å². The first-order valence-electron chi connectivity index (χ1n) is 5.38. The summed E-state index contributed by atoms with van der Waals surface area (Å²) >= 11 is 5.85. The lowest BCUT2D eigenvalue weighted by molar-refractivity contribution is 0.220. The molecule has 2 rings (SSSR count). The normalized spacial score (nSPS) is 12.5. The van der Waals surface area contributed by atoms with Crippen LogP contribution in [0.3, 0.4) is 0 Å². The third kappa shape index (κ3) is 2.52. The molecule has 0 saturated carbocycles. The molecule has 2 aromatic carbocycles. The van der Waals surface area contributed by atoms with Crippen molar-refractivity contribution in [3.63, 3.8) is 0 Å². The number of hydrogen-bond donors (Lipinski definition) is 1. The van der Waals surface area contributed by atoms with Crippen molar-refractivity contribution < 1.29 is 13.9 Å². The fourth-order valence-corrected chi connectivity index (χ4v) is 1.95. The molecule has 0 spiro atoms. The van der Waals surface area contributed by atoms with Crippen molar-refractivity contribution in [2.45, 2.75) is 13.0 Å². The molecule has 18 heavy (non-hydrogen) atoms. The number of aryl methyl sites for hydroxylation is 1. The third-order valence-electron chi connectivity index (χ3n) is 2.77. The Balaban J connectivity index is 2.41. The maximum Gasteiger partial charge on any atom is 0.126 e. The van der Waals surface area contributed by atoms with Crippen molar-refractivity contribution in [1.29, 1.82) is 0 Å². The van der Waals surface area contributed by atoms with Gasteiger partial charge in [-0.2, -0.15) is 0 Å². The molecule has 0 amide bonds. The quantitative estimate of drug-likeness (QED) is 0.873. The molecule has 0 aliphatic carbocycles. The number of hydrogen-bond acceptors (Lipinski definition) is 1. The van der Waals surface area contributed by atoms with Crippen molar-refractivity contribution in [1.82, 2.24) is 0 Å². The van der Waals surface area contributed by atoms with Gasteiger partial charge in [0.15, 0.2) is 0 Å². The van der Waals surface area contributed by atoms with Crippen molar-refractivity contribution in [2.75, 3.05) is 0 Å². The van der Waals surface area contributed by atoms with Gasteiger partial charge in [0.2, 0.25) is 0 Å². The molecule has 0 bridgehead atoms. The summed E-state index contributed by atoms with van der Waals surface area (Å²) in [5, 5.41) is 10.2. The Labute approximate surface area is 109 Å². The standard InChI is InChI=1S/C14H11ClF2O/c1-8-2-3-9(6-13(8)17)14(18)11-5-4-10(16)7-12(11)15/h2-7,14,18H,1H3. The van der Waals surface area contributed by atoms with Gasteiger partial charge in [0.25, 0.3) is 0 Å². The lowest BCUT2D eigenvalue weighted by Crippen LogP contribution is -2.02. The van der Waals surface area contributed by atoms with Crippen LogP contribution in [0.2, 0.25) is 5.02 Å². The first kappa shape index (κ1) is 13.0. The zero-order valence-corrected chi connectivity index (χ0v) is 10.4. The summed E-state index contributed by atoms with van der Waals surface area (Å²) in [5.74, 6) is -0.879. The van der Waals surface area contributed by atoms with Crippen molar-refractivity contribution in [3.8, 4) is 0 Å². The van der Waals surface area contributed by atoms with Crippen LogP contribution in [0.5, 0.6) is 0 Å². The van der Waals surface area contributed by atoms with Crippen molar-refractivity contribution in [2.24, 2.45) is 0 Å². The van der Waals surface area contributed by atoms with Gasteiger partial charge in [-0.05, 0) is 36.2 Å². The number of benzene rings is 2. The van der Waals surface area contributed by atoms with Gasteiger partial charge >= 0.3 is 0 Å². The molecule has 0 saturated heterocycles. The maximum absolute atomic E-state index is 13.4. The lowest BCUT2D eigenvalue weighted by atomic mass is 10.00. The maximum atomic E-state index is 13.4. The highest BCUT2D eigenvalue weighted by Crippen LogP contribution is 2.29. The van der Waals surface area contributed by atoms with Crippen LogP contribution in [0.1, 0.15) is 22.8 Å². The van der Waals surface area contributed by atoms with E-state index in [0.29, 0.717) is 16.7 Å². The van der Waals surface area contributed by atoms with Gasteiger partial charge in [0, 0.05) is 10.6 Å². The van der Waals surface area contributed by atoms with Crippen LogP contribution in [0.25, 0.3) is 0 Å². The highest BCUT2D eigenvalue weighted by atomic mass is 35.5. The average Bonchev–Trinajstić information content (AvgIpc) is 2.32. The molecule has 1 unspecified atom stereocenters. The fraction of sp³-hybridized carbons (Fsp3) is 0.143. The van der Waals surface area contributed by atoms with E-state index in [1.165, 1.54) is 18.2 Å². The minimum Gasteiger partial charge on any atom is -0.384 e. The second-order valence-electron chi connectivity index (χ2n) is 4.08. The first-order chi connectivity index (χ1) is 8.49. The van der Waals surface area contributed by atoms with Gasteiger partial charge in [0.05, 0.1) is 0 Å². The Kier molecular flexibility index (Phi) is 3.64. The lowest BCUT2D eigenvalue weighted by Gasteiger charge is -2.13. The molecule has 0 fully saturated rings. The van der Waals surface area contributed by atoms with E-state index in [1.54, 1.807) is 19.1 Å². The second kappa shape index (κ2) is 5.04. The van der Waals surface area contributed by atoms with E-state index in [0.717, 1.165) is 6.07 Å². The number of aliphatic hydroxyl groups is 1. The van der Waals surface area contributed by atoms with Crippen molar-refractivity contribution >= 4 is 11.6 Å². The van der Waals surface area contributed by atoms with Crippen LogP contribution in [0.15, 0.2) is 36.4 Å². The molecule has 94 valence electrons. The number of halogens is 3. The molecule has 0 aliphatic rings. The van der Waals surface area contributed by atoms with Crippen molar-refractivity contribution in [3.05, 3.63) is 69.7 Å². The Morgan fingerprint density at radius 2 is 1.83 bits per heavy atom. The monoisotopic (exact) mass is 268 g/mol. The van der Waals surface area contributed by atoms with Crippen LogP contribution >= 0.6 is 11.6 Å². The number of aliphatic hydroxyl groups excluding tert-OH is 1. The molecule has 1 atom stereocenters. The molecular weight excluding hydrogens is 258 g/mol. The summed E-state index contributed by atoms with van der Waals surface area (Å²) in [5.41, 5.74) is 1.23. The van der Waals surface area contributed by atoms with Crippen LogP contribution in [0, 0.1) is 18.6 Å². The van der Waals surface area contributed by atoms with Gasteiger partial charge in [-0.1, -0.05) is 29.8 Å². The Morgan fingerprint density at radius 3 is 2.44 bits per heavy atom. The summed E-state index contributed by atoms with van der Waals surface area (Å²) in [6, 6.07) is 8.15. The SMILES string of the molecule is Cc1ccc(C(O)c2ccc(F)cc2Cl)cc1F. The summed E-state index contributed by atoms with van der Waals surface area (Å²) in [4.78, 5) is 0. The summed E-state index contributed by atoms with van der Waals surface area (Å²) < 4.78 is 26.3. The molecule has 4 heteroatoms. The topological polar surface area (TPSA) is 20.2 Å². The van der Waals surface area contributed by atoms with E-state index < -0.39 is 17.7 Å². The van der Waals surface area contributed by atoms with Gasteiger partial charge < -0.3 is 5.11 Å². The molecule has 0 radical (unpaired) electrons. The minimum atomic E-state index is -1.08. The molecule has 1 nitrogen and oxygen atoms in total. The smallest absolute Gasteiger partial charge is 0.126 e. The van der Waals surface area contributed by atoms with Gasteiger partial charge in [-0.3, -0.25) is 0 Å². The van der Waals surface area contributed by atoms with Crippen LogP contribution in [-0.2, 0) is 0 Å². The predicted molar refractivity (Wildman–Crippen MR) is 66.6 cm³/mol. The summed E-state index contributed by atoms with van der Waals surface area (Å²) in [6.45, 7) is 1.64. The molecule has 1 N–H and O–H groups in total. The largest absolute Gasteiger partial charge is 0.384 e. The van der Waals surface area contributed by atoms with E-state index in [9.17, 15) is 13.9 Å². The van der Waals surface area contributed by atoms with E-state index in [4.69, 9.17) is 11.6 Å². The minimum absolute atomic E-state index is 0.114. The third-order valence-corrected chi connectivity index (χ3v) is 3.10. The second-order valence-corrected chi connectivity index (χ2v) is 4.48.